The number of aliphatic hydroxyl groups excluding tert-OH is 1. The van der Waals surface area contributed by atoms with Crippen LogP contribution in [0.2, 0.25) is 0 Å². The molecule has 17 heavy (non-hydrogen) atoms. The number of alkyl halides is 3. The Labute approximate surface area is 107 Å². The van der Waals surface area contributed by atoms with Crippen LogP contribution in [-0.2, 0) is 0 Å². The van der Waals surface area contributed by atoms with Crippen molar-refractivity contribution < 1.29 is 18.3 Å². The highest BCUT2D eigenvalue weighted by Gasteiger charge is 2.26. The average Bonchev–Trinajstić information content (AvgIpc) is 2.20. The molecule has 0 amide bonds. The second kappa shape index (κ2) is 5.87. The molecule has 1 aromatic rings. The Bertz CT molecular complexity index is 377. The number of benzene rings is 1. The molecule has 0 saturated heterocycles. The lowest BCUT2D eigenvalue weighted by Crippen LogP contribution is -2.08. The van der Waals surface area contributed by atoms with Gasteiger partial charge in [-0.25, -0.2) is 0 Å². The van der Waals surface area contributed by atoms with Crippen molar-refractivity contribution in [1.29, 1.82) is 0 Å². The highest BCUT2D eigenvalue weighted by molar-refractivity contribution is 9.10. The molecule has 0 saturated carbocycles. The standard InChI is InChI=1S/C12H14BrF3O/c1-8-7-9(4-5-10(8)13)11(17)3-2-6-12(14,15)16/h4-5,7,11,17H,2-3,6H2,1H3. The molecule has 5 heteroatoms. The quantitative estimate of drug-likeness (QED) is 0.866. The van der Waals surface area contributed by atoms with E-state index in [4.69, 9.17) is 0 Å². The van der Waals surface area contributed by atoms with E-state index in [0.29, 0.717) is 5.56 Å². The van der Waals surface area contributed by atoms with Gasteiger partial charge in [-0.1, -0.05) is 28.1 Å². The minimum atomic E-state index is -4.14. The van der Waals surface area contributed by atoms with E-state index in [1.807, 2.05) is 6.92 Å². The lowest BCUT2D eigenvalue weighted by Gasteiger charge is -2.13. The number of aliphatic hydroxyl groups is 1. The van der Waals surface area contributed by atoms with Crippen molar-refractivity contribution >= 4 is 15.9 Å². The molecule has 1 rings (SSSR count). The Morgan fingerprint density at radius 1 is 1.35 bits per heavy atom. The topological polar surface area (TPSA) is 20.2 Å². The van der Waals surface area contributed by atoms with E-state index in [2.05, 4.69) is 15.9 Å². The molecule has 0 radical (unpaired) electrons. The van der Waals surface area contributed by atoms with Gasteiger partial charge in [0.15, 0.2) is 0 Å². The maximum atomic E-state index is 11.9. The SMILES string of the molecule is Cc1cc(C(O)CCCC(F)(F)F)ccc1Br. The summed E-state index contributed by atoms with van der Waals surface area (Å²) in [4.78, 5) is 0. The summed E-state index contributed by atoms with van der Waals surface area (Å²) in [7, 11) is 0. The van der Waals surface area contributed by atoms with Crippen molar-refractivity contribution in [3.63, 3.8) is 0 Å². The molecule has 1 unspecified atom stereocenters. The molecule has 0 aromatic heterocycles. The van der Waals surface area contributed by atoms with Crippen LogP contribution in [0.4, 0.5) is 13.2 Å². The number of aryl methyl sites for hydroxylation is 1. The molecule has 0 bridgehead atoms. The first-order valence-electron chi connectivity index (χ1n) is 5.30. The first kappa shape index (κ1) is 14.5. The summed E-state index contributed by atoms with van der Waals surface area (Å²) in [5, 5.41) is 9.75. The van der Waals surface area contributed by atoms with E-state index in [0.717, 1.165) is 10.0 Å². The van der Waals surface area contributed by atoms with Crippen molar-refractivity contribution in [2.75, 3.05) is 0 Å². The lowest BCUT2D eigenvalue weighted by atomic mass is 10.0. The Balaban J connectivity index is 2.52. The average molecular weight is 311 g/mol. The molecule has 0 heterocycles. The summed E-state index contributed by atoms with van der Waals surface area (Å²) in [5.74, 6) is 0. The number of hydrogen-bond acceptors (Lipinski definition) is 1. The molecule has 1 aromatic carbocycles. The Kier molecular flexibility index (Phi) is 5.01. The zero-order chi connectivity index (χ0) is 13.1. The third kappa shape index (κ3) is 5.08. The molecular weight excluding hydrogens is 297 g/mol. The second-order valence-electron chi connectivity index (χ2n) is 4.03. The van der Waals surface area contributed by atoms with Crippen molar-refractivity contribution in [2.45, 2.75) is 38.5 Å². The molecule has 0 aliphatic heterocycles. The molecular formula is C12H14BrF3O. The Morgan fingerprint density at radius 3 is 2.53 bits per heavy atom. The highest BCUT2D eigenvalue weighted by atomic mass is 79.9. The van der Waals surface area contributed by atoms with Crippen LogP contribution in [-0.4, -0.2) is 11.3 Å². The molecule has 1 nitrogen and oxygen atoms in total. The predicted molar refractivity (Wildman–Crippen MR) is 63.7 cm³/mol. The summed E-state index contributed by atoms with van der Waals surface area (Å²) >= 11 is 3.33. The first-order valence-corrected chi connectivity index (χ1v) is 6.10. The van der Waals surface area contributed by atoms with Crippen molar-refractivity contribution in [3.05, 3.63) is 33.8 Å². The van der Waals surface area contributed by atoms with Gasteiger partial charge in [-0.2, -0.15) is 13.2 Å². The van der Waals surface area contributed by atoms with Crippen LogP contribution in [0.3, 0.4) is 0 Å². The van der Waals surface area contributed by atoms with Crippen LogP contribution in [0.5, 0.6) is 0 Å². The van der Waals surface area contributed by atoms with Gasteiger partial charge in [-0.3, -0.25) is 0 Å². The smallest absolute Gasteiger partial charge is 0.388 e. The maximum Gasteiger partial charge on any atom is 0.389 e. The van der Waals surface area contributed by atoms with Crippen molar-refractivity contribution in [1.82, 2.24) is 0 Å². The monoisotopic (exact) mass is 310 g/mol. The van der Waals surface area contributed by atoms with Crippen molar-refractivity contribution in [2.24, 2.45) is 0 Å². The van der Waals surface area contributed by atoms with Gasteiger partial charge in [0.2, 0.25) is 0 Å². The zero-order valence-electron chi connectivity index (χ0n) is 9.39. The summed E-state index contributed by atoms with van der Waals surface area (Å²) in [5.41, 5.74) is 1.62. The Morgan fingerprint density at radius 2 is 2.00 bits per heavy atom. The number of hydrogen-bond donors (Lipinski definition) is 1. The number of rotatable bonds is 4. The molecule has 0 aliphatic carbocycles. The first-order chi connectivity index (χ1) is 7.79. The largest absolute Gasteiger partial charge is 0.389 e. The molecule has 1 N–H and O–H groups in total. The third-order valence-electron chi connectivity index (χ3n) is 2.50. The van der Waals surface area contributed by atoms with E-state index in [9.17, 15) is 18.3 Å². The fourth-order valence-electron chi connectivity index (χ4n) is 1.54. The molecule has 1 atom stereocenters. The third-order valence-corrected chi connectivity index (χ3v) is 3.39. The summed E-state index contributed by atoms with van der Waals surface area (Å²) < 4.78 is 36.7. The van der Waals surface area contributed by atoms with Gasteiger partial charge >= 0.3 is 6.18 Å². The van der Waals surface area contributed by atoms with Gasteiger partial charge in [0, 0.05) is 10.9 Å². The molecule has 0 spiro atoms. The minimum absolute atomic E-state index is 0.0558. The van der Waals surface area contributed by atoms with E-state index in [1.165, 1.54) is 0 Å². The van der Waals surface area contributed by atoms with Crippen LogP contribution >= 0.6 is 15.9 Å². The van der Waals surface area contributed by atoms with Crippen molar-refractivity contribution in [3.8, 4) is 0 Å². The normalized spacial score (nSPS) is 13.8. The highest BCUT2D eigenvalue weighted by Crippen LogP contribution is 2.27. The predicted octanol–water partition coefficient (Wildman–Crippen LogP) is 4.52. The van der Waals surface area contributed by atoms with Gasteiger partial charge in [0.1, 0.15) is 0 Å². The van der Waals surface area contributed by atoms with Gasteiger partial charge in [0.05, 0.1) is 6.10 Å². The summed E-state index contributed by atoms with van der Waals surface area (Å²) in [6, 6.07) is 5.29. The second-order valence-corrected chi connectivity index (χ2v) is 4.89. The van der Waals surface area contributed by atoms with E-state index in [1.54, 1.807) is 18.2 Å². The van der Waals surface area contributed by atoms with Crippen LogP contribution in [0.25, 0.3) is 0 Å². The summed E-state index contributed by atoms with van der Waals surface area (Å²) in [6.45, 7) is 1.87. The maximum absolute atomic E-state index is 11.9. The fraction of sp³-hybridized carbons (Fsp3) is 0.500. The van der Waals surface area contributed by atoms with Crippen LogP contribution < -0.4 is 0 Å². The van der Waals surface area contributed by atoms with Crippen LogP contribution in [0.1, 0.15) is 36.5 Å². The minimum Gasteiger partial charge on any atom is -0.388 e. The van der Waals surface area contributed by atoms with E-state index < -0.39 is 18.7 Å². The number of halogens is 4. The van der Waals surface area contributed by atoms with Gasteiger partial charge in [0.25, 0.3) is 0 Å². The Hall–Kier alpha value is -0.550. The van der Waals surface area contributed by atoms with E-state index in [-0.39, 0.29) is 12.8 Å². The van der Waals surface area contributed by atoms with Gasteiger partial charge in [-0.05, 0) is 37.0 Å². The fourth-order valence-corrected chi connectivity index (χ4v) is 1.78. The zero-order valence-corrected chi connectivity index (χ0v) is 11.0. The van der Waals surface area contributed by atoms with Crippen LogP contribution in [0, 0.1) is 6.92 Å². The van der Waals surface area contributed by atoms with Gasteiger partial charge in [-0.15, -0.1) is 0 Å². The van der Waals surface area contributed by atoms with E-state index >= 15 is 0 Å². The molecule has 0 fully saturated rings. The van der Waals surface area contributed by atoms with Gasteiger partial charge < -0.3 is 5.11 Å². The molecule has 0 aliphatic rings. The van der Waals surface area contributed by atoms with Crippen LogP contribution in [0.15, 0.2) is 22.7 Å². The molecule has 96 valence electrons. The summed E-state index contributed by atoms with van der Waals surface area (Å²) in [6.07, 6.45) is -5.75. The lowest BCUT2D eigenvalue weighted by molar-refractivity contribution is -0.136.